The van der Waals surface area contributed by atoms with E-state index in [9.17, 15) is 5.11 Å². The summed E-state index contributed by atoms with van der Waals surface area (Å²) in [5.41, 5.74) is 0. The molecule has 0 saturated carbocycles. The summed E-state index contributed by atoms with van der Waals surface area (Å²) in [6.45, 7) is 2.15. The molecule has 1 aliphatic rings. The SMILES string of the molecule is CCCCCC(O)CC#COC1C=CC=CO1. The largest absolute Gasteiger partial charge is 0.458 e. The second-order valence-corrected chi connectivity index (χ2v) is 3.97. The number of hydrogen-bond acceptors (Lipinski definition) is 3. The van der Waals surface area contributed by atoms with Gasteiger partial charge in [-0.3, -0.25) is 0 Å². The molecule has 1 heterocycles. The van der Waals surface area contributed by atoms with Gasteiger partial charge in [-0.2, -0.15) is 0 Å². The zero-order valence-electron chi connectivity index (χ0n) is 10.3. The Labute approximate surface area is 103 Å². The smallest absolute Gasteiger partial charge is 0.270 e. The fourth-order valence-corrected chi connectivity index (χ4v) is 1.43. The summed E-state index contributed by atoms with van der Waals surface area (Å²) >= 11 is 0. The molecule has 3 heteroatoms. The number of ether oxygens (including phenoxy) is 2. The van der Waals surface area contributed by atoms with E-state index >= 15 is 0 Å². The summed E-state index contributed by atoms with van der Waals surface area (Å²) in [5.74, 6) is 2.80. The summed E-state index contributed by atoms with van der Waals surface area (Å²) in [6.07, 6.45) is 13.4. The van der Waals surface area contributed by atoms with Gasteiger partial charge in [0.2, 0.25) is 0 Å². The first-order valence-corrected chi connectivity index (χ1v) is 6.13. The molecule has 0 aromatic heterocycles. The Morgan fingerprint density at radius 3 is 3.00 bits per heavy atom. The number of aliphatic hydroxyl groups excluding tert-OH is 1. The van der Waals surface area contributed by atoms with Gasteiger partial charge in [-0.1, -0.05) is 38.2 Å². The van der Waals surface area contributed by atoms with Crippen molar-refractivity contribution in [3.63, 3.8) is 0 Å². The van der Waals surface area contributed by atoms with E-state index < -0.39 is 6.29 Å². The van der Waals surface area contributed by atoms with E-state index in [1.54, 1.807) is 18.4 Å². The van der Waals surface area contributed by atoms with Crippen LogP contribution in [0.2, 0.25) is 0 Å². The molecule has 0 bridgehead atoms. The molecule has 0 amide bonds. The number of allylic oxidation sites excluding steroid dienone is 2. The molecule has 17 heavy (non-hydrogen) atoms. The summed E-state index contributed by atoms with van der Waals surface area (Å²) in [5, 5.41) is 9.60. The molecule has 1 N–H and O–H groups in total. The molecular formula is C14H20O3. The first kappa shape index (κ1) is 13.7. The van der Waals surface area contributed by atoms with Crippen LogP contribution in [0, 0.1) is 12.0 Å². The molecular weight excluding hydrogens is 216 g/mol. The van der Waals surface area contributed by atoms with E-state index in [-0.39, 0.29) is 6.10 Å². The maximum atomic E-state index is 9.60. The van der Waals surface area contributed by atoms with Crippen LogP contribution in [0.15, 0.2) is 24.5 Å². The molecule has 0 aliphatic carbocycles. The van der Waals surface area contributed by atoms with Crippen LogP contribution in [0.5, 0.6) is 0 Å². The molecule has 3 nitrogen and oxygen atoms in total. The molecule has 1 aliphatic heterocycles. The minimum atomic E-state index is -0.426. The zero-order valence-corrected chi connectivity index (χ0v) is 10.3. The van der Waals surface area contributed by atoms with Crippen molar-refractivity contribution in [1.82, 2.24) is 0 Å². The third-order valence-corrected chi connectivity index (χ3v) is 2.40. The van der Waals surface area contributed by atoms with Crippen molar-refractivity contribution < 1.29 is 14.6 Å². The number of aliphatic hydroxyl groups is 1. The van der Waals surface area contributed by atoms with Gasteiger partial charge in [-0.05, 0) is 18.6 Å². The second-order valence-electron chi connectivity index (χ2n) is 3.97. The van der Waals surface area contributed by atoms with Crippen LogP contribution in [0.25, 0.3) is 0 Å². The highest BCUT2D eigenvalue weighted by Gasteiger charge is 2.04. The van der Waals surface area contributed by atoms with Crippen LogP contribution in [0.4, 0.5) is 0 Å². The molecule has 2 atom stereocenters. The quantitative estimate of drug-likeness (QED) is 0.569. The average Bonchev–Trinajstić information content (AvgIpc) is 2.36. The van der Waals surface area contributed by atoms with Crippen molar-refractivity contribution in [3.05, 3.63) is 24.5 Å². The van der Waals surface area contributed by atoms with Crippen molar-refractivity contribution >= 4 is 0 Å². The zero-order chi connectivity index (χ0) is 12.3. The van der Waals surface area contributed by atoms with Crippen LogP contribution >= 0.6 is 0 Å². The Hall–Kier alpha value is -1.40. The van der Waals surface area contributed by atoms with Crippen LogP contribution < -0.4 is 0 Å². The maximum absolute atomic E-state index is 9.60. The monoisotopic (exact) mass is 236 g/mol. The molecule has 0 aromatic rings. The van der Waals surface area contributed by atoms with Gasteiger partial charge in [-0.25, -0.2) is 0 Å². The Bertz CT molecular complexity index is 309. The Kier molecular flexibility index (Phi) is 7.01. The number of unbranched alkanes of at least 4 members (excludes halogenated alkanes) is 2. The van der Waals surface area contributed by atoms with E-state index in [1.807, 2.05) is 6.08 Å². The predicted molar refractivity (Wildman–Crippen MR) is 66.8 cm³/mol. The van der Waals surface area contributed by atoms with Crippen molar-refractivity contribution in [2.45, 2.75) is 51.4 Å². The highest BCUT2D eigenvalue weighted by atomic mass is 16.7. The molecule has 94 valence electrons. The highest BCUT2D eigenvalue weighted by molar-refractivity contribution is 5.06. The Morgan fingerprint density at radius 1 is 1.41 bits per heavy atom. The first-order valence-electron chi connectivity index (χ1n) is 6.13. The second kappa shape index (κ2) is 8.72. The standard InChI is InChI=1S/C14H20O3/c1-2-3-4-8-13(15)9-7-12-17-14-10-5-6-11-16-14/h5-6,10-11,13-15H,2-4,8-9H2,1H3. The molecule has 0 radical (unpaired) electrons. The molecule has 1 rings (SSSR count). The third-order valence-electron chi connectivity index (χ3n) is 2.40. The Morgan fingerprint density at radius 2 is 2.29 bits per heavy atom. The predicted octanol–water partition coefficient (Wildman–Crippen LogP) is 2.72. The minimum absolute atomic E-state index is 0.347. The van der Waals surface area contributed by atoms with Crippen LogP contribution in [-0.2, 0) is 9.47 Å². The van der Waals surface area contributed by atoms with Crippen LogP contribution in [0.3, 0.4) is 0 Å². The van der Waals surface area contributed by atoms with Gasteiger partial charge in [0, 0.05) is 6.42 Å². The lowest BCUT2D eigenvalue weighted by atomic mass is 10.1. The highest BCUT2D eigenvalue weighted by Crippen LogP contribution is 2.06. The summed E-state index contributed by atoms with van der Waals surface area (Å²) in [6, 6.07) is 0. The number of hydrogen-bond donors (Lipinski definition) is 1. The van der Waals surface area contributed by atoms with E-state index in [4.69, 9.17) is 9.47 Å². The van der Waals surface area contributed by atoms with Crippen molar-refractivity contribution in [2.24, 2.45) is 0 Å². The molecule has 0 fully saturated rings. The third kappa shape index (κ3) is 6.70. The van der Waals surface area contributed by atoms with E-state index in [1.165, 1.54) is 6.42 Å². The van der Waals surface area contributed by atoms with Crippen LogP contribution in [0.1, 0.15) is 39.0 Å². The summed E-state index contributed by atoms with van der Waals surface area (Å²) in [7, 11) is 0. The van der Waals surface area contributed by atoms with Crippen molar-refractivity contribution in [3.8, 4) is 12.0 Å². The molecule has 2 unspecified atom stereocenters. The lowest BCUT2D eigenvalue weighted by Gasteiger charge is -2.11. The average molecular weight is 236 g/mol. The van der Waals surface area contributed by atoms with Gasteiger partial charge in [0.25, 0.3) is 6.29 Å². The molecule has 0 spiro atoms. The van der Waals surface area contributed by atoms with Crippen LogP contribution in [-0.4, -0.2) is 17.5 Å². The van der Waals surface area contributed by atoms with Gasteiger partial charge < -0.3 is 14.6 Å². The van der Waals surface area contributed by atoms with E-state index in [0.29, 0.717) is 6.42 Å². The summed E-state index contributed by atoms with van der Waals surface area (Å²) < 4.78 is 10.2. The maximum Gasteiger partial charge on any atom is 0.270 e. The Balaban J connectivity index is 2.08. The van der Waals surface area contributed by atoms with Gasteiger partial charge in [0.1, 0.15) is 6.11 Å². The first-order chi connectivity index (χ1) is 8.33. The minimum Gasteiger partial charge on any atom is -0.458 e. The molecule has 0 saturated heterocycles. The lowest BCUT2D eigenvalue weighted by molar-refractivity contribution is -0.0139. The van der Waals surface area contributed by atoms with Gasteiger partial charge in [-0.15, -0.1) is 0 Å². The van der Waals surface area contributed by atoms with E-state index in [0.717, 1.165) is 19.3 Å². The number of rotatable bonds is 6. The molecule has 0 aromatic carbocycles. The normalized spacial score (nSPS) is 19.1. The van der Waals surface area contributed by atoms with Crippen molar-refractivity contribution in [2.75, 3.05) is 0 Å². The summed E-state index contributed by atoms with van der Waals surface area (Å²) in [4.78, 5) is 0. The van der Waals surface area contributed by atoms with Gasteiger partial charge >= 0.3 is 0 Å². The van der Waals surface area contributed by atoms with E-state index in [2.05, 4.69) is 19.0 Å². The lowest BCUT2D eigenvalue weighted by Crippen LogP contribution is -2.10. The fraction of sp³-hybridized carbons (Fsp3) is 0.571. The topological polar surface area (TPSA) is 38.7 Å². The van der Waals surface area contributed by atoms with Gasteiger partial charge in [0.15, 0.2) is 0 Å². The van der Waals surface area contributed by atoms with Crippen molar-refractivity contribution in [1.29, 1.82) is 0 Å². The van der Waals surface area contributed by atoms with Gasteiger partial charge in [0.05, 0.1) is 12.4 Å². The fourth-order valence-electron chi connectivity index (χ4n) is 1.43.